The van der Waals surface area contributed by atoms with Crippen LogP contribution in [0.25, 0.3) is 11.1 Å². The fraction of sp³-hybridized carbons (Fsp3) is 0.296. The Morgan fingerprint density at radius 3 is 2.17 bits per heavy atom. The Bertz CT molecular complexity index is 1110. The van der Waals surface area contributed by atoms with E-state index in [-0.39, 0.29) is 30.0 Å². The van der Waals surface area contributed by atoms with Gasteiger partial charge in [0.15, 0.2) is 0 Å². The van der Waals surface area contributed by atoms with Crippen LogP contribution in [0.4, 0.5) is 22.0 Å². The SMILES string of the molecule is CCCc1ccc(-c2ccc(C(=O)Oc3ccc(CCC(F)COC(F)(F)F)cc3)cc2)c(F)c1. The predicted octanol–water partition coefficient (Wildman–Crippen LogP) is 7.47. The summed E-state index contributed by atoms with van der Waals surface area (Å²) in [7, 11) is 0. The van der Waals surface area contributed by atoms with Crippen molar-refractivity contribution < 1.29 is 36.2 Å². The molecule has 0 N–H and O–H groups in total. The second-order valence-corrected chi connectivity index (χ2v) is 8.07. The number of hydrogen-bond donors (Lipinski definition) is 0. The van der Waals surface area contributed by atoms with E-state index in [2.05, 4.69) is 4.74 Å². The summed E-state index contributed by atoms with van der Waals surface area (Å²) >= 11 is 0. The van der Waals surface area contributed by atoms with Crippen molar-refractivity contribution in [3.8, 4) is 16.9 Å². The third-order valence-corrected chi connectivity index (χ3v) is 5.31. The minimum absolute atomic E-state index is 0.135. The summed E-state index contributed by atoms with van der Waals surface area (Å²) in [5.74, 6) is -0.660. The quantitative estimate of drug-likeness (QED) is 0.167. The van der Waals surface area contributed by atoms with Gasteiger partial charge in [-0.15, -0.1) is 13.2 Å². The Labute approximate surface area is 200 Å². The smallest absolute Gasteiger partial charge is 0.423 e. The molecule has 1 atom stereocenters. The minimum atomic E-state index is -4.85. The second-order valence-electron chi connectivity index (χ2n) is 8.07. The molecule has 0 aliphatic rings. The lowest BCUT2D eigenvalue weighted by Crippen LogP contribution is -2.20. The van der Waals surface area contributed by atoms with Crippen LogP contribution in [-0.4, -0.2) is 25.1 Å². The highest BCUT2D eigenvalue weighted by Gasteiger charge is 2.30. The molecule has 35 heavy (non-hydrogen) atoms. The Morgan fingerprint density at radius 1 is 0.914 bits per heavy atom. The summed E-state index contributed by atoms with van der Waals surface area (Å²) in [6.07, 6.45) is -4.81. The topological polar surface area (TPSA) is 35.5 Å². The molecule has 0 amide bonds. The number of alkyl halides is 4. The number of esters is 1. The third kappa shape index (κ3) is 8.17. The molecule has 0 bridgehead atoms. The van der Waals surface area contributed by atoms with Crippen molar-refractivity contribution in [2.45, 2.75) is 45.1 Å². The molecular weight excluding hydrogens is 467 g/mol. The number of carbonyl (C=O) groups is 1. The predicted molar refractivity (Wildman–Crippen MR) is 122 cm³/mol. The van der Waals surface area contributed by atoms with Gasteiger partial charge in [0, 0.05) is 5.56 Å². The fourth-order valence-corrected chi connectivity index (χ4v) is 3.50. The zero-order valence-electron chi connectivity index (χ0n) is 19.1. The van der Waals surface area contributed by atoms with E-state index in [1.54, 1.807) is 42.5 Å². The lowest BCUT2D eigenvalue weighted by molar-refractivity contribution is -0.328. The van der Waals surface area contributed by atoms with Crippen molar-refractivity contribution in [3.63, 3.8) is 0 Å². The summed E-state index contributed by atoms with van der Waals surface area (Å²) in [5.41, 5.74) is 2.97. The lowest BCUT2D eigenvalue weighted by atomic mass is 10.0. The number of ether oxygens (including phenoxy) is 2. The highest BCUT2D eigenvalue weighted by Crippen LogP contribution is 2.25. The summed E-state index contributed by atoms with van der Waals surface area (Å²) in [5, 5.41) is 0. The molecule has 186 valence electrons. The standard InChI is InChI=1S/C27H25F5O3/c1-2-3-19-7-15-24(25(29)16-19)20-8-10-21(11-9-20)26(33)35-23-13-5-18(6-14-23)4-12-22(28)17-34-27(30,31)32/h5-11,13-16,22H,2-4,12,17H2,1H3. The van der Waals surface area contributed by atoms with Crippen LogP contribution in [0.5, 0.6) is 5.75 Å². The Morgan fingerprint density at radius 2 is 1.57 bits per heavy atom. The average molecular weight is 492 g/mol. The zero-order valence-corrected chi connectivity index (χ0v) is 19.1. The molecule has 0 saturated heterocycles. The first-order valence-electron chi connectivity index (χ1n) is 11.2. The Kier molecular flexibility index (Phi) is 8.98. The van der Waals surface area contributed by atoms with Crippen molar-refractivity contribution in [3.05, 3.63) is 89.2 Å². The van der Waals surface area contributed by atoms with Gasteiger partial charge in [-0.25, -0.2) is 13.6 Å². The molecule has 0 fully saturated rings. The van der Waals surface area contributed by atoms with Crippen LogP contribution < -0.4 is 4.74 Å². The molecule has 0 radical (unpaired) electrons. The molecule has 0 spiro atoms. The molecule has 0 aliphatic carbocycles. The summed E-state index contributed by atoms with van der Waals surface area (Å²) < 4.78 is 72.7. The number of benzene rings is 3. The van der Waals surface area contributed by atoms with Crippen molar-refractivity contribution in [2.24, 2.45) is 0 Å². The second kappa shape index (κ2) is 11.9. The Balaban J connectivity index is 1.54. The van der Waals surface area contributed by atoms with Crippen LogP contribution in [0.1, 0.15) is 41.3 Å². The van der Waals surface area contributed by atoms with Gasteiger partial charge < -0.3 is 4.74 Å². The first-order chi connectivity index (χ1) is 16.6. The molecule has 3 rings (SSSR count). The van der Waals surface area contributed by atoms with Crippen LogP contribution in [0.15, 0.2) is 66.7 Å². The largest absolute Gasteiger partial charge is 0.522 e. The maximum absolute atomic E-state index is 14.5. The fourth-order valence-electron chi connectivity index (χ4n) is 3.50. The summed E-state index contributed by atoms with van der Waals surface area (Å²) in [6, 6.07) is 17.8. The molecule has 0 aliphatic heterocycles. The summed E-state index contributed by atoms with van der Waals surface area (Å²) in [6.45, 7) is 0.982. The van der Waals surface area contributed by atoms with Crippen molar-refractivity contribution in [1.82, 2.24) is 0 Å². The molecule has 0 heterocycles. The molecule has 8 heteroatoms. The van der Waals surface area contributed by atoms with Gasteiger partial charge in [0.05, 0.1) is 12.2 Å². The van der Waals surface area contributed by atoms with Crippen molar-refractivity contribution >= 4 is 5.97 Å². The van der Waals surface area contributed by atoms with Crippen LogP contribution >= 0.6 is 0 Å². The van der Waals surface area contributed by atoms with E-state index in [1.165, 1.54) is 18.2 Å². The van der Waals surface area contributed by atoms with E-state index in [9.17, 15) is 26.7 Å². The molecule has 0 saturated carbocycles. The molecule has 1 unspecified atom stereocenters. The molecule has 0 aromatic heterocycles. The third-order valence-electron chi connectivity index (χ3n) is 5.31. The number of carbonyl (C=O) groups excluding carboxylic acids is 1. The number of halogens is 5. The van der Waals surface area contributed by atoms with E-state index >= 15 is 0 Å². The maximum Gasteiger partial charge on any atom is 0.522 e. The molecule has 3 aromatic rings. The van der Waals surface area contributed by atoms with Crippen molar-refractivity contribution in [2.75, 3.05) is 6.61 Å². The van der Waals surface area contributed by atoms with E-state index in [0.717, 1.165) is 18.4 Å². The van der Waals surface area contributed by atoms with Gasteiger partial charge >= 0.3 is 12.3 Å². The molecule has 3 nitrogen and oxygen atoms in total. The molecule has 3 aromatic carbocycles. The van der Waals surface area contributed by atoms with Gasteiger partial charge in [-0.1, -0.05) is 49.7 Å². The van der Waals surface area contributed by atoms with E-state index < -0.39 is 25.1 Å². The highest BCUT2D eigenvalue weighted by molar-refractivity contribution is 5.91. The minimum Gasteiger partial charge on any atom is -0.423 e. The Hall–Kier alpha value is -3.26. The van der Waals surface area contributed by atoms with E-state index in [0.29, 0.717) is 16.7 Å². The number of aryl methyl sites for hydroxylation is 2. The zero-order chi connectivity index (χ0) is 25.4. The highest BCUT2D eigenvalue weighted by atomic mass is 19.4. The normalized spacial score (nSPS) is 12.4. The van der Waals surface area contributed by atoms with Gasteiger partial charge in [-0.2, -0.15) is 0 Å². The molecular formula is C27H25F5O3. The lowest BCUT2D eigenvalue weighted by Gasteiger charge is -2.11. The van der Waals surface area contributed by atoms with Gasteiger partial charge in [0.2, 0.25) is 0 Å². The number of rotatable bonds is 10. The van der Waals surface area contributed by atoms with Crippen LogP contribution in [-0.2, 0) is 17.6 Å². The van der Waals surface area contributed by atoms with Crippen molar-refractivity contribution in [1.29, 1.82) is 0 Å². The summed E-state index contributed by atoms with van der Waals surface area (Å²) in [4.78, 5) is 12.4. The van der Waals surface area contributed by atoms with Crippen LogP contribution in [0, 0.1) is 5.82 Å². The van der Waals surface area contributed by atoms with E-state index in [4.69, 9.17) is 4.74 Å². The van der Waals surface area contributed by atoms with Gasteiger partial charge in [0.1, 0.15) is 17.7 Å². The first-order valence-corrected chi connectivity index (χ1v) is 11.2. The maximum atomic E-state index is 14.5. The first kappa shape index (κ1) is 26.3. The van der Waals surface area contributed by atoms with Crippen LogP contribution in [0.2, 0.25) is 0 Å². The van der Waals surface area contributed by atoms with E-state index in [1.807, 2.05) is 13.0 Å². The number of hydrogen-bond acceptors (Lipinski definition) is 3. The monoisotopic (exact) mass is 492 g/mol. The van der Waals surface area contributed by atoms with Gasteiger partial charge in [-0.3, -0.25) is 4.74 Å². The van der Waals surface area contributed by atoms with Gasteiger partial charge in [0.25, 0.3) is 0 Å². The van der Waals surface area contributed by atoms with Gasteiger partial charge in [-0.05, 0) is 66.3 Å². The average Bonchev–Trinajstić information content (AvgIpc) is 2.82. The van der Waals surface area contributed by atoms with Crippen LogP contribution in [0.3, 0.4) is 0 Å².